The summed E-state index contributed by atoms with van der Waals surface area (Å²) < 4.78 is 9.16. The zero-order valence-corrected chi connectivity index (χ0v) is 11.8. The summed E-state index contributed by atoms with van der Waals surface area (Å²) in [6.07, 6.45) is 0. The molecule has 2 N–H and O–H groups in total. The van der Waals surface area contributed by atoms with Crippen molar-refractivity contribution in [1.29, 1.82) is 0 Å². The molecule has 5 rings (SSSR count). The van der Waals surface area contributed by atoms with Gasteiger partial charge in [-0.25, -0.2) is 19.2 Å². The molecule has 0 aliphatic heterocycles. The van der Waals surface area contributed by atoms with Crippen LogP contribution in [0.3, 0.4) is 0 Å². The molecule has 2 aromatic carbocycles. The average Bonchev–Trinajstić information content (AvgIpc) is 2.98. The smallest absolute Gasteiger partial charge is 0.346 e. The van der Waals surface area contributed by atoms with Crippen LogP contribution in [0.15, 0.2) is 52.3 Å². The van der Waals surface area contributed by atoms with Gasteiger partial charge in [0.2, 0.25) is 0 Å². The predicted octanol–water partition coefficient (Wildman–Crippen LogP) is 1.02. The van der Waals surface area contributed by atoms with E-state index in [9.17, 15) is 19.2 Å². The van der Waals surface area contributed by atoms with Gasteiger partial charge in [0.05, 0.1) is 43.6 Å². The van der Waals surface area contributed by atoms with Gasteiger partial charge in [-0.05, 0) is 24.3 Å². The second kappa shape index (κ2) is 3.99. The van der Waals surface area contributed by atoms with E-state index in [0.717, 1.165) is 0 Å². The lowest BCUT2D eigenvalue weighted by Crippen LogP contribution is -1.94. The predicted molar refractivity (Wildman–Crippen MR) is 86.0 cm³/mol. The lowest BCUT2D eigenvalue weighted by Gasteiger charge is -2.04. The minimum atomic E-state index is -0.700. The van der Waals surface area contributed by atoms with Crippen LogP contribution in [-0.4, -0.2) is 9.97 Å². The van der Waals surface area contributed by atoms with E-state index in [1.54, 1.807) is 0 Å². The zero-order chi connectivity index (χ0) is 16.6. The Balaban J connectivity index is 2.01. The molecule has 0 saturated carbocycles. The molecule has 5 aromatic rings. The minimum absolute atomic E-state index is 0.173. The van der Waals surface area contributed by atoms with Gasteiger partial charge in [0.1, 0.15) is 0 Å². The summed E-state index contributed by atoms with van der Waals surface area (Å²) in [6, 6.07) is 6.02. The molecule has 3 aromatic heterocycles. The highest BCUT2D eigenvalue weighted by Gasteiger charge is 2.13. The summed E-state index contributed by atoms with van der Waals surface area (Å²) >= 11 is 0. The number of nitrogens with one attached hydrogen (secondary N) is 2. The van der Waals surface area contributed by atoms with Gasteiger partial charge in [-0.15, -0.1) is 0 Å². The summed E-state index contributed by atoms with van der Waals surface area (Å²) in [6.45, 7) is 0. The maximum atomic E-state index is 11.6. The molecule has 116 valence electrons. The Kier molecular flexibility index (Phi) is 2.13. The van der Waals surface area contributed by atoms with Crippen molar-refractivity contribution in [2.24, 2.45) is 0 Å². The SMILES string of the molecule is O=c1oc(=O)c2cc3[nH]c4cc5c(=O)oc(=O)c5cc4[nH]c3cc12. The van der Waals surface area contributed by atoms with E-state index in [0.29, 0.717) is 22.1 Å². The minimum Gasteiger partial charge on any atom is -0.386 e. The molecule has 0 bridgehead atoms. The largest absolute Gasteiger partial charge is 0.386 e. The molecule has 3 heterocycles. The molecular formula is C16H6N2O6. The van der Waals surface area contributed by atoms with E-state index >= 15 is 0 Å². The monoisotopic (exact) mass is 322 g/mol. The standard InChI is InChI=1S/C16H6N2O6/c19-13-5-1-9-10(2-6(5)14(20)23-13)18-12-4-8-7(3-11(12)17-9)15(21)24-16(8)22/h1-4,17-18H. The van der Waals surface area contributed by atoms with Gasteiger partial charge in [0, 0.05) is 0 Å². The van der Waals surface area contributed by atoms with Crippen LogP contribution >= 0.6 is 0 Å². The molecule has 8 nitrogen and oxygen atoms in total. The first-order valence-electron chi connectivity index (χ1n) is 6.94. The Labute approximate surface area is 129 Å². The quantitative estimate of drug-likeness (QED) is 0.410. The summed E-state index contributed by atoms with van der Waals surface area (Å²) in [5.74, 6) is 0. The number of aromatic nitrogens is 2. The first-order valence-corrected chi connectivity index (χ1v) is 6.94. The van der Waals surface area contributed by atoms with E-state index in [1.165, 1.54) is 24.3 Å². The Hall–Kier alpha value is -3.68. The van der Waals surface area contributed by atoms with Crippen LogP contribution in [0.1, 0.15) is 0 Å². The molecule has 24 heavy (non-hydrogen) atoms. The maximum absolute atomic E-state index is 11.6. The van der Waals surface area contributed by atoms with Gasteiger partial charge >= 0.3 is 22.5 Å². The zero-order valence-electron chi connectivity index (χ0n) is 11.8. The number of furan rings is 2. The van der Waals surface area contributed by atoms with E-state index < -0.39 is 22.5 Å². The summed E-state index contributed by atoms with van der Waals surface area (Å²) in [5, 5.41) is 0.694. The van der Waals surface area contributed by atoms with Crippen molar-refractivity contribution in [3.05, 3.63) is 65.9 Å². The van der Waals surface area contributed by atoms with Gasteiger partial charge in [-0.2, -0.15) is 0 Å². The highest BCUT2D eigenvalue weighted by atomic mass is 16.4. The molecule has 8 heteroatoms. The fraction of sp³-hybridized carbons (Fsp3) is 0. The molecule has 0 aliphatic carbocycles. The molecule has 0 fully saturated rings. The Bertz CT molecular complexity index is 1310. The first-order chi connectivity index (χ1) is 11.5. The van der Waals surface area contributed by atoms with E-state index in [4.69, 9.17) is 0 Å². The molecule has 0 unspecified atom stereocenters. The number of hydrogen-bond donors (Lipinski definition) is 2. The second-order valence-corrected chi connectivity index (χ2v) is 5.49. The van der Waals surface area contributed by atoms with Crippen LogP contribution in [0.5, 0.6) is 0 Å². The fourth-order valence-corrected chi connectivity index (χ4v) is 2.97. The fourth-order valence-electron chi connectivity index (χ4n) is 2.97. The van der Waals surface area contributed by atoms with Crippen molar-refractivity contribution in [3.8, 4) is 0 Å². The van der Waals surface area contributed by atoms with Gasteiger partial charge in [0.15, 0.2) is 0 Å². The molecule has 0 atom stereocenters. The van der Waals surface area contributed by atoms with E-state index in [1.807, 2.05) is 0 Å². The Morgan fingerprint density at radius 2 is 0.750 bits per heavy atom. The Morgan fingerprint density at radius 3 is 1.00 bits per heavy atom. The normalized spacial score (nSPS) is 12.0. The number of hydrogen-bond acceptors (Lipinski definition) is 6. The lowest BCUT2D eigenvalue weighted by atomic mass is 10.1. The van der Waals surface area contributed by atoms with Crippen molar-refractivity contribution in [2.75, 3.05) is 0 Å². The number of H-pyrrole nitrogens is 2. The Morgan fingerprint density at radius 1 is 0.500 bits per heavy atom. The maximum Gasteiger partial charge on any atom is 0.346 e. The molecule has 0 amide bonds. The van der Waals surface area contributed by atoms with Crippen molar-refractivity contribution in [1.82, 2.24) is 9.97 Å². The van der Waals surface area contributed by atoms with Gasteiger partial charge in [-0.3, -0.25) is 0 Å². The van der Waals surface area contributed by atoms with Crippen molar-refractivity contribution >= 4 is 43.6 Å². The van der Waals surface area contributed by atoms with Gasteiger partial charge in [-0.1, -0.05) is 0 Å². The summed E-state index contributed by atoms with van der Waals surface area (Å²) in [4.78, 5) is 52.7. The summed E-state index contributed by atoms with van der Waals surface area (Å²) in [5.41, 5.74) is -0.615. The highest BCUT2D eigenvalue weighted by Crippen LogP contribution is 2.22. The number of aromatic amines is 2. The van der Waals surface area contributed by atoms with Crippen LogP contribution in [0, 0.1) is 0 Å². The van der Waals surface area contributed by atoms with Crippen molar-refractivity contribution in [3.63, 3.8) is 0 Å². The summed E-state index contributed by atoms with van der Waals surface area (Å²) in [7, 11) is 0. The van der Waals surface area contributed by atoms with Crippen molar-refractivity contribution in [2.45, 2.75) is 0 Å². The molecular weight excluding hydrogens is 316 g/mol. The van der Waals surface area contributed by atoms with Crippen LogP contribution in [0.4, 0.5) is 0 Å². The highest BCUT2D eigenvalue weighted by molar-refractivity contribution is 6.00. The third kappa shape index (κ3) is 1.51. The molecule has 0 spiro atoms. The third-order valence-electron chi connectivity index (χ3n) is 4.10. The third-order valence-corrected chi connectivity index (χ3v) is 4.10. The van der Waals surface area contributed by atoms with Gasteiger partial charge < -0.3 is 18.8 Å². The average molecular weight is 322 g/mol. The van der Waals surface area contributed by atoms with E-state index in [2.05, 4.69) is 18.8 Å². The van der Waals surface area contributed by atoms with E-state index in [-0.39, 0.29) is 21.5 Å². The molecule has 0 radical (unpaired) electrons. The number of benzene rings is 2. The lowest BCUT2D eigenvalue weighted by molar-refractivity contribution is 0.499. The van der Waals surface area contributed by atoms with Crippen LogP contribution < -0.4 is 22.5 Å². The van der Waals surface area contributed by atoms with Crippen molar-refractivity contribution < 1.29 is 8.83 Å². The second-order valence-electron chi connectivity index (χ2n) is 5.49. The molecule has 0 saturated heterocycles. The molecule has 0 aliphatic rings. The number of fused-ring (bicyclic) bond motifs is 4. The van der Waals surface area contributed by atoms with Crippen LogP contribution in [-0.2, 0) is 0 Å². The number of rotatable bonds is 0. The van der Waals surface area contributed by atoms with Crippen LogP contribution in [0.2, 0.25) is 0 Å². The first kappa shape index (κ1) is 12.8. The topological polar surface area (TPSA) is 126 Å². The van der Waals surface area contributed by atoms with Crippen LogP contribution in [0.25, 0.3) is 43.6 Å². The van der Waals surface area contributed by atoms with Gasteiger partial charge in [0.25, 0.3) is 0 Å².